The molecule has 0 saturated carbocycles. The van der Waals surface area contributed by atoms with E-state index in [4.69, 9.17) is 23.8 Å². The van der Waals surface area contributed by atoms with E-state index in [1.807, 2.05) is 19.1 Å². The molecular weight excluding hydrogens is 407 g/mol. The van der Waals surface area contributed by atoms with Gasteiger partial charge in [-0.05, 0) is 19.1 Å². The van der Waals surface area contributed by atoms with Gasteiger partial charge >= 0.3 is 18.2 Å². The second kappa shape index (κ2) is 9.00. The molecule has 0 aliphatic carbocycles. The van der Waals surface area contributed by atoms with Crippen LogP contribution in [0.4, 0.5) is 13.2 Å². The Kier molecular flexibility index (Phi) is 6.61. The van der Waals surface area contributed by atoms with Crippen LogP contribution in [-0.4, -0.2) is 63.5 Å². The van der Waals surface area contributed by atoms with Crippen molar-refractivity contribution < 1.29 is 37.0 Å². The number of aryl methyl sites for hydroxylation is 1. The first-order valence-electron chi connectivity index (χ1n) is 9.29. The van der Waals surface area contributed by atoms with E-state index in [2.05, 4.69) is 14.9 Å². The number of hydrogen-bond donors (Lipinski definition) is 1. The highest BCUT2D eigenvalue weighted by atomic mass is 19.4. The zero-order valence-corrected chi connectivity index (χ0v) is 16.3. The van der Waals surface area contributed by atoms with Crippen molar-refractivity contribution in [1.82, 2.24) is 14.9 Å². The Balaban J connectivity index is 0.000000318. The maximum Gasteiger partial charge on any atom is 0.490 e. The van der Waals surface area contributed by atoms with E-state index in [0.717, 1.165) is 44.8 Å². The Hall–Kier alpha value is -2.66. The molecule has 11 heteroatoms. The number of aromatic nitrogens is 2. The number of furan rings is 1. The summed E-state index contributed by atoms with van der Waals surface area (Å²) < 4.78 is 48.9. The molecule has 4 heterocycles. The maximum absolute atomic E-state index is 10.6. The molecule has 4 rings (SSSR count). The average Bonchev–Trinajstić information content (AvgIpc) is 3.14. The first-order valence-corrected chi connectivity index (χ1v) is 9.29. The highest BCUT2D eigenvalue weighted by molar-refractivity contribution is 5.73. The van der Waals surface area contributed by atoms with Gasteiger partial charge in [-0.25, -0.2) is 14.8 Å². The molecule has 0 radical (unpaired) electrons. The van der Waals surface area contributed by atoms with E-state index in [0.29, 0.717) is 6.01 Å². The van der Waals surface area contributed by atoms with E-state index in [9.17, 15) is 13.2 Å². The number of halogens is 3. The lowest BCUT2D eigenvalue weighted by molar-refractivity contribution is -0.192. The average molecular weight is 429 g/mol. The lowest BCUT2D eigenvalue weighted by Crippen LogP contribution is -2.65. The minimum atomic E-state index is -5.08. The zero-order valence-electron chi connectivity index (χ0n) is 16.3. The number of alkyl halides is 3. The van der Waals surface area contributed by atoms with Gasteiger partial charge in [-0.1, -0.05) is 0 Å². The van der Waals surface area contributed by atoms with E-state index in [1.165, 1.54) is 5.56 Å². The van der Waals surface area contributed by atoms with Gasteiger partial charge in [-0.15, -0.1) is 0 Å². The molecule has 1 unspecified atom stereocenters. The fourth-order valence-electron chi connectivity index (χ4n) is 3.46. The molecule has 2 saturated heterocycles. The smallest absolute Gasteiger partial charge is 0.475 e. The summed E-state index contributed by atoms with van der Waals surface area (Å²) in [6.45, 7) is 5.46. The molecule has 30 heavy (non-hydrogen) atoms. The number of ether oxygens (including phenoxy) is 2. The zero-order chi connectivity index (χ0) is 21.8. The van der Waals surface area contributed by atoms with E-state index in [-0.39, 0.29) is 11.7 Å². The second-order valence-electron chi connectivity index (χ2n) is 7.32. The molecule has 0 amide bonds. The van der Waals surface area contributed by atoms with Crippen molar-refractivity contribution in [2.75, 3.05) is 19.7 Å². The SMILES string of the molecule is Cc1ccnc(OC2CCOC3(C2)CN(Cc2ccoc2)C3)n1.O=C(O)C(F)(F)F. The number of carbonyl (C=O) groups is 1. The van der Waals surface area contributed by atoms with Crippen LogP contribution in [0.1, 0.15) is 24.1 Å². The molecule has 1 N–H and O–H groups in total. The van der Waals surface area contributed by atoms with E-state index in [1.54, 1.807) is 18.7 Å². The van der Waals surface area contributed by atoms with Crippen molar-refractivity contribution in [1.29, 1.82) is 0 Å². The standard InChI is InChI=1S/C17H21N3O3.C2HF3O2/c1-13-2-5-18-16(19-13)23-15-4-7-22-17(8-15)11-20(12-17)9-14-3-6-21-10-14;3-2(4,5)1(6)7/h2-3,5-6,10,15H,4,7-9,11-12H2,1H3;(H,6,7). The lowest BCUT2D eigenvalue weighted by atomic mass is 9.84. The summed E-state index contributed by atoms with van der Waals surface area (Å²) in [5, 5.41) is 7.12. The summed E-state index contributed by atoms with van der Waals surface area (Å²) in [6.07, 6.45) is 2.08. The molecule has 2 fully saturated rings. The highest BCUT2D eigenvalue weighted by Gasteiger charge is 2.48. The Bertz CT molecular complexity index is 838. The summed E-state index contributed by atoms with van der Waals surface area (Å²) in [6, 6.07) is 4.35. The van der Waals surface area contributed by atoms with Crippen molar-refractivity contribution in [2.45, 2.75) is 44.2 Å². The van der Waals surface area contributed by atoms with Gasteiger partial charge in [0.25, 0.3) is 0 Å². The summed E-state index contributed by atoms with van der Waals surface area (Å²) in [5.41, 5.74) is 2.06. The molecule has 8 nitrogen and oxygen atoms in total. The van der Waals surface area contributed by atoms with Crippen molar-refractivity contribution in [2.24, 2.45) is 0 Å². The van der Waals surface area contributed by atoms with Gasteiger partial charge in [-0.2, -0.15) is 13.2 Å². The summed E-state index contributed by atoms with van der Waals surface area (Å²) in [7, 11) is 0. The molecule has 164 valence electrons. The molecule has 0 aromatic carbocycles. The number of carboxylic acids is 1. The largest absolute Gasteiger partial charge is 0.490 e. The third-order valence-corrected chi connectivity index (χ3v) is 4.74. The molecule has 2 aromatic rings. The summed E-state index contributed by atoms with van der Waals surface area (Å²) in [4.78, 5) is 19.8. The van der Waals surface area contributed by atoms with Crippen molar-refractivity contribution >= 4 is 5.97 Å². The number of nitrogens with zero attached hydrogens (tertiary/aromatic N) is 3. The van der Waals surface area contributed by atoms with Crippen LogP contribution < -0.4 is 4.74 Å². The fourth-order valence-corrected chi connectivity index (χ4v) is 3.46. The van der Waals surface area contributed by atoms with Gasteiger partial charge in [0.15, 0.2) is 0 Å². The molecule has 0 bridgehead atoms. The predicted molar refractivity (Wildman–Crippen MR) is 96.8 cm³/mol. The van der Waals surface area contributed by atoms with E-state index < -0.39 is 12.1 Å². The van der Waals surface area contributed by atoms with Crippen molar-refractivity contribution in [3.05, 3.63) is 42.1 Å². The van der Waals surface area contributed by atoms with Crippen LogP contribution in [0.2, 0.25) is 0 Å². The van der Waals surface area contributed by atoms with Gasteiger partial charge in [0.1, 0.15) is 6.10 Å². The third-order valence-electron chi connectivity index (χ3n) is 4.74. The first kappa shape index (κ1) is 22.0. The fraction of sp³-hybridized carbons (Fsp3) is 0.526. The van der Waals surface area contributed by atoms with Gasteiger partial charge in [-0.3, -0.25) is 4.90 Å². The summed E-state index contributed by atoms with van der Waals surface area (Å²) >= 11 is 0. The number of rotatable bonds is 4. The molecule has 2 aliphatic rings. The Morgan fingerprint density at radius 2 is 2.13 bits per heavy atom. The first-order chi connectivity index (χ1) is 14.2. The van der Waals surface area contributed by atoms with Gasteiger partial charge in [0.05, 0.1) is 24.7 Å². The van der Waals surface area contributed by atoms with Crippen molar-refractivity contribution in [3.63, 3.8) is 0 Å². The van der Waals surface area contributed by atoms with Crippen LogP contribution in [-0.2, 0) is 16.1 Å². The van der Waals surface area contributed by atoms with Crippen LogP contribution in [0.5, 0.6) is 6.01 Å². The molecule has 2 aliphatic heterocycles. The van der Waals surface area contributed by atoms with Gasteiger partial charge in [0, 0.05) is 49.9 Å². The van der Waals surface area contributed by atoms with Crippen LogP contribution in [0.25, 0.3) is 0 Å². The van der Waals surface area contributed by atoms with Gasteiger partial charge < -0.3 is 19.0 Å². The molecule has 1 atom stereocenters. The second-order valence-corrected chi connectivity index (χ2v) is 7.32. The van der Waals surface area contributed by atoms with Crippen LogP contribution >= 0.6 is 0 Å². The minimum absolute atomic E-state index is 0.0729. The minimum Gasteiger partial charge on any atom is -0.475 e. The maximum atomic E-state index is 10.6. The quantitative estimate of drug-likeness (QED) is 0.793. The number of aliphatic carboxylic acids is 1. The summed E-state index contributed by atoms with van der Waals surface area (Å²) in [5.74, 6) is -2.76. The lowest BCUT2D eigenvalue weighted by Gasteiger charge is -2.52. The number of hydrogen-bond acceptors (Lipinski definition) is 7. The van der Waals surface area contributed by atoms with Gasteiger partial charge in [0.2, 0.25) is 0 Å². The Labute approximate surface area is 170 Å². The van der Waals surface area contributed by atoms with Crippen LogP contribution in [0.3, 0.4) is 0 Å². The third kappa shape index (κ3) is 5.92. The Morgan fingerprint density at radius 3 is 2.73 bits per heavy atom. The number of likely N-dealkylation sites (tertiary alicyclic amines) is 1. The highest BCUT2D eigenvalue weighted by Crippen LogP contribution is 2.36. The van der Waals surface area contributed by atoms with Crippen molar-refractivity contribution in [3.8, 4) is 6.01 Å². The Morgan fingerprint density at radius 1 is 1.40 bits per heavy atom. The van der Waals surface area contributed by atoms with Crippen LogP contribution in [0, 0.1) is 6.92 Å². The topological polar surface area (TPSA) is 97.9 Å². The predicted octanol–water partition coefficient (Wildman–Crippen LogP) is 2.82. The van der Waals surface area contributed by atoms with Crippen LogP contribution in [0.15, 0.2) is 35.3 Å². The van der Waals surface area contributed by atoms with E-state index >= 15 is 0 Å². The monoisotopic (exact) mass is 429 g/mol. The molecular formula is C19H22F3N3O5. The molecule has 2 aromatic heterocycles. The number of carboxylic acid groups (broad SMARTS) is 1. The normalized spacial score (nSPS) is 20.7. The molecule has 1 spiro atoms.